The number of aromatic amines is 1. The minimum Gasteiger partial charge on any atom is -0.374 e. The average Bonchev–Trinajstić information content (AvgIpc) is 3.25. The van der Waals surface area contributed by atoms with Gasteiger partial charge in [-0.15, -0.1) is 0 Å². The number of carbonyl (C=O) groups is 2. The van der Waals surface area contributed by atoms with Crippen LogP contribution in [0.1, 0.15) is 57.1 Å². The Kier molecular flexibility index (Phi) is 6.28. The second-order valence-electron chi connectivity index (χ2n) is 8.48. The van der Waals surface area contributed by atoms with Gasteiger partial charge in [0.25, 0.3) is 5.56 Å². The molecule has 158 valence electrons. The number of aromatic nitrogens is 2. The molecule has 1 aromatic rings. The Morgan fingerprint density at radius 1 is 1.21 bits per heavy atom. The molecule has 0 spiro atoms. The van der Waals surface area contributed by atoms with Crippen LogP contribution in [0.25, 0.3) is 0 Å². The predicted octanol–water partition coefficient (Wildman–Crippen LogP) is 1.16. The fourth-order valence-corrected chi connectivity index (χ4v) is 4.94. The molecule has 3 fully saturated rings. The summed E-state index contributed by atoms with van der Waals surface area (Å²) in [6.45, 7) is 1.11. The molecule has 2 saturated carbocycles. The van der Waals surface area contributed by atoms with Crippen molar-refractivity contribution in [3.8, 4) is 0 Å². The van der Waals surface area contributed by atoms with Gasteiger partial charge in [0.2, 0.25) is 11.8 Å². The van der Waals surface area contributed by atoms with E-state index in [1.807, 2.05) is 4.90 Å². The van der Waals surface area contributed by atoms with Crippen LogP contribution in [0.4, 0.5) is 0 Å². The van der Waals surface area contributed by atoms with Crippen LogP contribution < -0.4 is 10.9 Å². The van der Waals surface area contributed by atoms with Gasteiger partial charge in [-0.3, -0.25) is 14.4 Å². The summed E-state index contributed by atoms with van der Waals surface area (Å²) in [4.78, 5) is 38.7. The maximum absolute atomic E-state index is 12.9. The highest BCUT2D eigenvalue weighted by Gasteiger charge is 2.41. The fraction of sp³-hybridized carbons (Fsp3) is 0.714. The van der Waals surface area contributed by atoms with E-state index >= 15 is 0 Å². The van der Waals surface area contributed by atoms with Gasteiger partial charge in [0.05, 0.1) is 24.4 Å². The number of hydrogen-bond acceptors (Lipinski definition) is 5. The summed E-state index contributed by atoms with van der Waals surface area (Å²) in [5.74, 6) is 0.161. The number of rotatable bonds is 5. The van der Waals surface area contributed by atoms with Crippen molar-refractivity contribution >= 4 is 11.8 Å². The lowest BCUT2D eigenvalue weighted by molar-refractivity contribution is -0.154. The van der Waals surface area contributed by atoms with Gasteiger partial charge in [-0.2, -0.15) is 5.10 Å². The van der Waals surface area contributed by atoms with Crippen molar-refractivity contribution in [2.24, 2.45) is 5.92 Å². The molecule has 2 aliphatic carbocycles. The zero-order valence-corrected chi connectivity index (χ0v) is 16.8. The molecule has 1 saturated heterocycles. The Bertz CT molecular complexity index is 769. The first-order valence-corrected chi connectivity index (χ1v) is 10.9. The van der Waals surface area contributed by atoms with E-state index in [9.17, 15) is 14.4 Å². The molecule has 2 N–H and O–H groups in total. The zero-order chi connectivity index (χ0) is 20.2. The molecule has 4 rings (SSSR count). The molecular weight excluding hydrogens is 372 g/mol. The van der Waals surface area contributed by atoms with Crippen molar-refractivity contribution in [2.45, 2.75) is 76.0 Å². The van der Waals surface area contributed by atoms with Gasteiger partial charge in [-0.1, -0.05) is 12.8 Å². The molecule has 3 atom stereocenters. The number of nitrogens with one attached hydrogen (secondary N) is 2. The van der Waals surface area contributed by atoms with Gasteiger partial charge in [0, 0.05) is 37.4 Å². The van der Waals surface area contributed by atoms with E-state index < -0.39 is 0 Å². The van der Waals surface area contributed by atoms with E-state index in [-0.39, 0.29) is 35.4 Å². The Morgan fingerprint density at radius 3 is 2.79 bits per heavy atom. The molecule has 2 heterocycles. The lowest BCUT2D eigenvalue weighted by Crippen LogP contribution is -2.57. The lowest BCUT2D eigenvalue weighted by atomic mass is 9.81. The van der Waals surface area contributed by atoms with Crippen molar-refractivity contribution in [1.29, 1.82) is 0 Å². The van der Waals surface area contributed by atoms with Crippen LogP contribution in [-0.2, 0) is 20.7 Å². The van der Waals surface area contributed by atoms with Crippen LogP contribution in [-0.4, -0.2) is 58.3 Å². The quantitative estimate of drug-likeness (QED) is 0.769. The van der Waals surface area contributed by atoms with E-state index in [0.29, 0.717) is 44.1 Å². The van der Waals surface area contributed by atoms with Crippen LogP contribution >= 0.6 is 0 Å². The third-order valence-electron chi connectivity index (χ3n) is 6.54. The molecule has 0 aromatic carbocycles. The Balaban J connectivity index is 1.35. The Hall–Kier alpha value is -2.22. The van der Waals surface area contributed by atoms with E-state index in [1.54, 1.807) is 6.07 Å². The summed E-state index contributed by atoms with van der Waals surface area (Å²) in [5, 5.41) is 9.60. The van der Waals surface area contributed by atoms with Gasteiger partial charge in [0.1, 0.15) is 0 Å². The Labute approximate surface area is 170 Å². The number of H-pyrrole nitrogens is 1. The SMILES string of the molecule is O=C(NC1CCCC1)[C@H]1CC[C@H]2OCCN(C(=O)CCc3ccc(=O)[nH]n3)[C@@H]2C1. The number of nitrogens with zero attached hydrogens (tertiary/aromatic N) is 2. The number of amides is 2. The molecular formula is C21H30N4O4. The summed E-state index contributed by atoms with van der Waals surface area (Å²) in [7, 11) is 0. The van der Waals surface area contributed by atoms with Crippen LogP contribution in [0.5, 0.6) is 0 Å². The fourth-order valence-electron chi connectivity index (χ4n) is 4.94. The standard InChI is InChI=1S/C21H30N4O4/c26-19-9-6-16(23-24-19)7-10-20(27)25-11-12-29-18-8-5-14(13-17(18)25)21(28)22-15-3-1-2-4-15/h6,9,14-15,17-18H,1-5,7-8,10-13H2,(H,22,28)(H,24,26)/t14-,17+,18+/m0/s1. The van der Waals surface area contributed by atoms with E-state index in [2.05, 4.69) is 15.5 Å². The maximum atomic E-state index is 12.9. The maximum Gasteiger partial charge on any atom is 0.264 e. The lowest BCUT2D eigenvalue weighted by Gasteiger charge is -2.45. The van der Waals surface area contributed by atoms with Gasteiger partial charge in [-0.05, 0) is 38.2 Å². The van der Waals surface area contributed by atoms with Gasteiger partial charge in [-0.25, -0.2) is 5.10 Å². The topological polar surface area (TPSA) is 104 Å². The summed E-state index contributed by atoms with van der Waals surface area (Å²) >= 11 is 0. The van der Waals surface area contributed by atoms with Crippen molar-refractivity contribution in [3.05, 3.63) is 28.2 Å². The molecule has 3 aliphatic rings. The van der Waals surface area contributed by atoms with Gasteiger partial charge in [0.15, 0.2) is 0 Å². The second-order valence-corrected chi connectivity index (χ2v) is 8.48. The average molecular weight is 402 g/mol. The van der Waals surface area contributed by atoms with Crippen LogP contribution in [0.3, 0.4) is 0 Å². The van der Waals surface area contributed by atoms with E-state index in [4.69, 9.17) is 4.74 Å². The molecule has 1 aliphatic heterocycles. The minimum absolute atomic E-state index is 0.0226. The first-order valence-electron chi connectivity index (χ1n) is 10.9. The summed E-state index contributed by atoms with van der Waals surface area (Å²) < 4.78 is 5.92. The molecule has 29 heavy (non-hydrogen) atoms. The van der Waals surface area contributed by atoms with Crippen molar-refractivity contribution in [3.63, 3.8) is 0 Å². The molecule has 1 aromatic heterocycles. The second kappa shape index (κ2) is 9.07. The normalized spacial score (nSPS) is 27.4. The third kappa shape index (κ3) is 4.86. The van der Waals surface area contributed by atoms with Crippen LogP contribution in [0.2, 0.25) is 0 Å². The number of ether oxygens (including phenoxy) is 1. The van der Waals surface area contributed by atoms with Crippen LogP contribution in [0.15, 0.2) is 16.9 Å². The van der Waals surface area contributed by atoms with Crippen molar-refractivity contribution < 1.29 is 14.3 Å². The summed E-state index contributed by atoms with van der Waals surface area (Å²) in [6, 6.07) is 3.36. The molecule has 0 unspecified atom stereocenters. The molecule has 8 nitrogen and oxygen atoms in total. The molecule has 8 heteroatoms. The third-order valence-corrected chi connectivity index (χ3v) is 6.54. The number of fused-ring (bicyclic) bond motifs is 1. The molecule has 0 radical (unpaired) electrons. The minimum atomic E-state index is -0.250. The van der Waals surface area contributed by atoms with Crippen molar-refractivity contribution in [1.82, 2.24) is 20.4 Å². The number of carbonyl (C=O) groups excluding carboxylic acids is 2. The van der Waals surface area contributed by atoms with Gasteiger partial charge >= 0.3 is 0 Å². The Morgan fingerprint density at radius 2 is 2.03 bits per heavy atom. The largest absolute Gasteiger partial charge is 0.374 e. The van der Waals surface area contributed by atoms with Gasteiger partial charge < -0.3 is 15.0 Å². The van der Waals surface area contributed by atoms with Crippen molar-refractivity contribution in [2.75, 3.05) is 13.2 Å². The van der Waals surface area contributed by atoms with E-state index in [1.165, 1.54) is 18.9 Å². The summed E-state index contributed by atoms with van der Waals surface area (Å²) in [5.41, 5.74) is 0.445. The number of morpholine rings is 1. The number of hydrogen-bond donors (Lipinski definition) is 2. The number of aryl methyl sites for hydroxylation is 1. The molecule has 0 bridgehead atoms. The first-order chi connectivity index (χ1) is 14.1. The monoisotopic (exact) mass is 402 g/mol. The molecule has 2 amide bonds. The highest BCUT2D eigenvalue weighted by Crippen LogP contribution is 2.33. The highest BCUT2D eigenvalue weighted by atomic mass is 16.5. The predicted molar refractivity (Wildman–Crippen MR) is 106 cm³/mol. The first kappa shape index (κ1) is 20.1. The van der Waals surface area contributed by atoms with Crippen LogP contribution in [0, 0.1) is 5.92 Å². The zero-order valence-electron chi connectivity index (χ0n) is 16.8. The smallest absolute Gasteiger partial charge is 0.264 e. The van der Waals surface area contributed by atoms with E-state index in [0.717, 1.165) is 25.7 Å². The summed E-state index contributed by atoms with van der Waals surface area (Å²) in [6.07, 6.45) is 7.70. The highest BCUT2D eigenvalue weighted by molar-refractivity contribution is 5.80.